The molecule has 0 amide bonds. The lowest BCUT2D eigenvalue weighted by atomic mass is 10.2. The fourth-order valence-corrected chi connectivity index (χ4v) is 2.20. The molecule has 0 aliphatic heterocycles. The van der Waals surface area contributed by atoms with E-state index in [1.54, 1.807) is 30.3 Å². The van der Waals surface area contributed by atoms with Crippen molar-refractivity contribution in [2.24, 2.45) is 0 Å². The molecule has 0 saturated carbocycles. The third-order valence-corrected chi connectivity index (χ3v) is 3.39. The van der Waals surface area contributed by atoms with Crippen LogP contribution in [0.5, 0.6) is 0 Å². The van der Waals surface area contributed by atoms with Crippen LogP contribution in [0.15, 0.2) is 41.0 Å². The Kier molecular flexibility index (Phi) is 3.57. The zero-order valence-electron chi connectivity index (χ0n) is 10.5. The van der Waals surface area contributed by atoms with Crippen molar-refractivity contribution in [3.63, 3.8) is 0 Å². The molecule has 0 fully saturated rings. The van der Waals surface area contributed by atoms with E-state index in [-0.39, 0.29) is 0 Å². The van der Waals surface area contributed by atoms with Crippen LogP contribution in [0.3, 0.4) is 0 Å². The zero-order chi connectivity index (χ0) is 14.8. The van der Waals surface area contributed by atoms with Gasteiger partial charge in [-0.2, -0.15) is 10.4 Å². The average molecular weight is 319 g/mol. The Hall–Kier alpha value is -2.42. The van der Waals surface area contributed by atoms with Gasteiger partial charge in [-0.1, -0.05) is 23.2 Å². The summed E-state index contributed by atoms with van der Waals surface area (Å²) in [6, 6.07) is 10.6. The Labute approximate surface area is 130 Å². The minimum atomic E-state index is 0.334. The first-order chi connectivity index (χ1) is 10.2. The van der Waals surface area contributed by atoms with Crippen LogP contribution in [-0.4, -0.2) is 10.2 Å². The molecule has 0 bridgehead atoms. The number of anilines is 2. The van der Waals surface area contributed by atoms with Crippen LogP contribution in [0, 0.1) is 11.3 Å². The number of hydrogen-bond donors (Lipinski definition) is 2. The summed E-state index contributed by atoms with van der Waals surface area (Å²) in [6.07, 6.45) is 1.53. The third-order valence-electron chi connectivity index (χ3n) is 2.83. The van der Waals surface area contributed by atoms with Crippen LogP contribution in [-0.2, 0) is 0 Å². The Bertz CT molecular complexity index is 818. The molecule has 0 spiro atoms. The first-order valence-electron chi connectivity index (χ1n) is 5.93. The zero-order valence-corrected chi connectivity index (χ0v) is 12.0. The molecule has 3 aromatic rings. The van der Waals surface area contributed by atoms with Crippen molar-refractivity contribution < 1.29 is 4.42 Å². The highest BCUT2D eigenvalue weighted by Gasteiger charge is 2.17. The first-order valence-corrected chi connectivity index (χ1v) is 6.69. The maximum atomic E-state index is 9.34. The molecule has 3 rings (SSSR count). The van der Waals surface area contributed by atoms with E-state index < -0.39 is 0 Å². The minimum Gasteiger partial charge on any atom is -0.463 e. The van der Waals surface area contributed by atoms with Crippen LogP contribution < -0.4 is 5.32 Å². The number of H-pyrrole nitrogens is 1. The summed E-state index contributed by atoms with van der Waals surface area (Å²) in [5, 5.41) is 20.2. The van der Waals surface area contributed by atoms with Gasteiger partial charge in [-0.15, -0.1) is 0 Å². The van der Waals surface area contributed by atoms with Gasteiger partial charge in [0.2, 0.25) is 0 Å². The topological polar surface area (TPSA) is 77.6 Å². The Morgan fingerprint density at radius 2 is 2.14 bits per heavy atom. The van der Waals surface area contributed by atoms with Crippen LogP contribution in [0.2, 0.25) is 10.0 Å². The first kappa shape index (κ1) is 13.6. The van der Waals surface area contributed by atoms with E-state index in [1.165, 1.54) is 6.26 Å². The van der Waals surface area contributed by atoms with Gasteiger partial charge in [0.15, 0.2) is 11.6 Å². The summed E-state index contributed by atoms with van der Waals surface area (Å²) in [5.41, 5.74) is 1.40. The maximum absolute atomic E-state index is 9.34. The molecule has 2 N–H and O–H groups in total. The van der Waals surface area contributed by atoms with Crippen molar-refractivity contribution >= 4 is 34.7 Å². The van der Waals surface area contributed by atoms with Gasteiger partial charge in [0.05, 0.1) is 17.0 Å². The molecule has 0 saturated heterocycles. The molecule has 2 heterocycles. The van der Waals surface area contributed by atoms with Gasteiger partial charge in [-0.25, -0.2) is 0 Å². The summed E-state index contributed by atoms with van der Waals surface area (Å²) >= 11 is 12.0. The van der Waals surface area contributed by atoms with E-state index in [0.29, 0.717) is 38.6 Å². The number of aromatic nitrogens is 2. The number of rotatable bonds is 3. The molecular formula is C14H8Cl2N4O. The van der Waals surface area contributed by atoms with Crippen molar-refractivity contribution in [3.05, 3.63) is 52.2 Å². The third kappa shape index (κ3) is 2.59. The number of aromatic amines is 1. The van der Waals surface area contributed by atoms with E-state index in [1.807, 2.05) is 0 Å². The fourth-order valence-electron chi connectivity index (χ4n) is 1.86. The number of halogens is 2. The summed E-state index contributed by atoms with van der Waals surface area (Å²) in [4.78, 5) is 0. The molecule has 1 aromatic carbocycles. The van der Waals surface area contributed by atoms with Crippen LogP contribution in [0.4, 0.5) is 11.5 Å². The molecule has 104 valence electrons. The van der Waals surface area contributed by atoms with E-state index in [0.717, 1.165) is 0 Å². The minimum absolute atomic E-state index is 0.334. The summed E-state index contributed by atoms with van der Waals surface area (Å²) in [6.45, 7) is 0. The lowest BCUT2D eigenvalue weighted by Crippen LogP contribution is -1.94. The molecule has 21 heavy (non-hydrogen) atoms. The Balaban J connectivity index is 2.01. The SMILES string of the molecule is N#Cc1c(Nc2cc(Cl)ccc2Cl)n[nH]c1-c1ccco1. The van der Waals surface area contributed by atoms with Crippen molar-refractivity contribution in [3.8, 4) is 17.5 Å². The predicted octanol–water partition coefficient (Wildman–Crippen LogP) is 4.59. The second-order valence-corrected chi connectivity index (χ2v) is 5.00. The van der Waals surface area contributed by atoms with Gasteiger partial charge < -0.3 is 9.73 Å². The van der Waals surface area contributed by atoms with Gasteiger partial charge in [0.1, 0.15) is 17.3 Å². The lowest BCUT2D eigenvalue weighted by molar-refractivity contribution is 0.579. The number of hydrogen-bond acceptors (Lipinski definition) is 4. The van der Waals surface area contributed by atoms with Gasteiger partial charge in [-0.3, -0.25) is 5.10 Å². The number of nitriles is 1. The number of benzene rings is 1. The summed E-state index contributed by atoms with van der Waals surface area (Å²) < 4.78 is 5.27. The molecule has 0 aliphatic carbocycles. The molecule has 7 heteroatoms. The van der Waals surface area contributed by atoms with Crippen molar-refractivity contribution in [1.82, 2.24) is 10.2 Å². The van der Waals surface area contributed by atoms with Crippen molar-refractivity contribution in [2.75, 3.05) is 5.32 Å². The number of nitrogens with one attached hydrogen (secondary N) is 2. The quantitative estimate of drug-likeness (QED) is 0.740. The lowest BCUT2D eigenvalue weighted by Gasteiger charge is -2.06. The normalized spacial score (nSPS) is 10.3. The van der Waals surface area contributed by atoms with Gasteiger partial charge in [0.25, 0.3) is 0 Å². The molecular weight excluding hydrogens is 311 g/mol. The highest BCUT2D eigenvalue weighted by molar-refractivity contribution is 6.35. The van der Waals surface area contributed by atoms with E-state index >= 15 is 0 Å². The smallest absolute Gasteiger partial charge is 0.171 e. The highest BCUT2D eigenvalue weighted by atomic mass is 35.5. The largest absolute Gasteiger partial charge is 0.463 e. The number of nitrogens with zero attached hydrogens (tertiary/aromatic N) is 2. The van der Waals surface area contributed by atoms with Crippen LogP contribution in [0.25, 0.3) is 11.5 Å². The van der Waals surface area contributed by atoms with Gasteiger partial charge in [0, 0.05) is 5.02 Å². The molecule has 0 atom stereocenters. The standard InChI is InChI=1S/C14H8Cl2N4O/c15-8-3-4-10(16)11(6-8)18-14-9(7-17)13(19-20-14)12-2-1-5-21-12/h1-6H,(H2,18,19,20). The maximum Gasteiger partial charge on any atom is 0.171 e. The van der Waals surface area contributed by atoms with Crippen LogP contribution >= 0.6 is 23.2 Å². The number of furan rings is 1. The highest BCUT2D eigenvalue weighted by Crippen LogP contribution is 2.32. The Morgan fingerprint density at radius 3 is 2.86 bits per heavy atom. The van der Waals surface area contributed by atoms with Gasteiger partial charge >= 0.3 is 0 Å². The molecule has 0 radical (unpaired) electrons. The molecule has 0 unspecified atom stereocenters. The second kappa shape index (κ2) is 5.52. The summed E-state index contributed by atoms with van der Waals surface area (Å²) in [5.74, 6) is 0.886. The molecule has 2 aromatic heterocycles. The van der Waals surface area contributed by atoms with Crippen LogP contribution in [0.1, 0.15) is 5.56 Å². The summed E-state index contributed by atoms with van der Waals surface area (Å²) in [7, 11) is 0. The van der Waals surface area contributed by atoms with E-state index in [2.05, 4.69) is 21.6 Å². The van der Waals surface area contributed by atoms with Crippen molar-refractivity contribution in [2.45, 2.75) is 0 Å². The Morgan fingerprint density at radius 1 is 1.29 bits per heavy atom. The average Bonchev–Trinajstić information content (AvgIpc) is 3.11. The predicted molar refractivity (Wildman–Crippen MR) is 80.7 cm³/mol. The van der Waals surface area contributed by atoms with E-state index in [9.17, 15) is 5.26 Å². The van der Waals surface area contributed by atoms with E-state index in [4.69, 9.17) is 27.6 Å². The molecule has 5 nitrogen and oxygen atoms in total. The fraction of sp³-hybridized carbons (Fsp3) is 0. The molecule has 0 aliphatic rings. The monoisotopic (exact) mass is 318 g/mol. The van der Waals surface area contributed by atoms with Crippen molar-refractivity contribution in [1.29, 1.82) is 5.26 Å². The second-order valence-electron chi connectivity index (χ2n) is 4.16. The van der Waals surface area contributed by atoms with Gasteiger partial charge in [-0.05, 0) is 30.3 Å².